The fourth-order valence-corrected chi connectivity index (χ4v) is 7.61. The maximum absolute atomic E-state index is 13.0. The van der Waals surface area contributed by atoms with Crippen LogP contribution in [-0.2, 0) is 43.8 Å². The molecule has 0 spiro atoms. The second-order valence-corrected chi connectivity index (χ2v) is 16.9. The lowest BCUT2D eigenvalue weighted by atomic mass is 10.1. The van der Waals surface area contributed by atoms with Crippen molar-refractivity contribution in [2.24, 2.45) is 35.8 Å². The number of ether oxygens (including phenoxy) is 2. The van der Waals surface area contributed by atoms with E-state index in [0.717, 1.165) is 41.4 Å². The molecule has 348 valence electrons. The molecule has 0 fully saturated rings. The predicted octanol–water partition coefficient (Wildman–Crippen LogP) is 6.66. The largest absolute Gasteiger partial charge is 0.507 e. The summed E-state index contributed by atoms with van der Waals surface area (Å²) in [6, 6.07) is 13.2. The first-order chi connectivity index (χ1) is 31.6. The van der Waals surface area contributed by atoms with E-state index < -0.39 is 78.1 Å². The molecule has 1 amide bonds. The molecule has 0 saturated heterocycles. The molecule has 1 aliphatic heterocycles. The Kier molecular flexibility index (Phi) is 16.2. The minimum absolute atomic E-state index is 0.136. The number of nitrogens with zero attached hydrogens (tertiary/aromatic N) is 8. The molecule has 27 nitrogen and oxygen atoms in total. The number of hydrogen-bond acceptors (Lipinski definition) is 26. The van der Waals surface area contributed by atoms with Gasteiger partial charge < -0.3 is 29.9 Å². The van der Waals surface area contributed by atoms with Crippen molar-refractivity contribution in [3.05, 3.63) is 72.8 Å². The molecule has 0 radical (unpaired) electrons. The minimum atomic E-state index is -5.03. The van der Waals surface area contributed by atoms with Crippen LogP contribution in [0.4, 0.5) is 34.1 Å². The van der Waals surface area contributed by atoms with Crippen molar-refractivity contribution in [3.8, 4) is 23.0 Å². The third-order valence-electron chi connectivity index (χ3n) is 8.36. The van der Waals surface area contributed by atoms with Crippen LogP contribution < -0.4 is 14.5 Å². The summed E-state index contributed by atoms with van der Waals surface area (Å²) in [6.45, 7) is -1.70. The van der Waals surface area contributed by atoms with Gasteiger partial charge in [-0.05, 0) is 60.0 Å². The molecular weight excluding hydrogens is 965 g/mol. The van der Waals surface area contributed by atoms with Crippen LogP contribution in [0.3, 0.4) is 0 Å². The number of benzene rings is 5. The SMILES string of the molecule is O=C1C(/N=N/c2ccc(/N=N/c3cc(OCCO)c(/N=N/c4c(SOOO)cc5cc(S(=O)(=O)O)cc(O)c5c4O)cc3OCCO)c(S(=O)(=O)O)c2)C=NN1c1ccc(SOOO)cc1. The van der Waals surface area contributed by atoms with Gasteiger partial charge in [0.05, 0.1) is 70.1 Å². The monoisotopic (exact) mass is 994 g/mol. The summed E-state index contributed by atoms with van der Waals surface area (Å²) in [5.41, 5.74) is -1.06. The average molecular weight is 995 g/mol. The van der Waals surface area contributed by atoms with E-state index in [9.17, 15) is 51.2 Å². The Morgan fingerprint density at radius 2 is 1.33 bits per heavy atom. The van der Waals surface area contributed by atoms with E-state index in [1.807, 2.05) is 0 Å². The van der Waals surface area contributed by atoms with Crippen LogP contribution >= 0.6 is 24.1 Å². The van der Waals surface area contributed by atoms with Crippen LogP contribution in [0.15, 0.2) is 128 Å². The predicted molar refractivity (Wildman–Crippen MR) is 225 cm³/mol. The molecule has 1 atom stereocenters. The van der Waals surface area contributed by atoms with Gasteiger partial charge in [-0.25, -0.2) is 10.5 Å². The van der Waals surface area contributed by atoms with E-state index in [1.54, 1.807) is 12.1 Å². The first kappa shape index (κ1) is 49.1. The van der Waals surface area contributed by atoms with Crippen molar-refractivity contribution < 1.29 is 89.9 Å². The van der Waals surface area contributed by atoms with Crippen LogP contribution in [0, 0.1) is 0 Å². The van der Waals surface area contributed by atoms with Crippen molar-refractivity contribution in [2.45, 2.75) is 25.6 Å². The number of hydrogen-bond donors (Lipinski definition) is 8. The molecule has 8 N–H and O–H groups in total. The number of azo groups is 3. The third-order valence-corrected chi connectivity index (χ3v) is 11.3. The van der Waals surface area contributed by atoms with Crippen LogP contribution in [-0.4, -0.2) is 101 Å². The van der Waals surface area contributed by atoms with Gasteiger partial charge in [0.15, 0.2) is 11.8 Å². The number of aliphatic hydroxyl groups excluding tert-OH is 2. The molecule has 5 aromatic rings. The number of fused-ring (bicyclic) bond motifs is 1. The summed E-state index contributed by atoms with van der Waals surface area (Å²) >= 11 is 0.958. The second-order valence-electron chi connectivity index (χ2n) is 12.6. The number of aliphatic hydroxyl groups is 2. The highest BCUT2D eigenvalue weighted by molar-refractivity contribution is 7.95. The van der Waals surface area contributed by atoms with Crippen molar-refractivity contribution >= 4 is 101 Å². The number of hydrazone groups is 1. The molecule has 0 saturated carbocycles. The zero-order valence-corrected chi connectivity index (χ0v) is 36.0. The molecule has 31 heteroatoms. The molecule has 6 rings (SSSR count). The Balaban J connectivity index is 1.32. The Morgan fingerprint density at radius 1 is 0.712 bits per heavy atom. The maximum Gasteiger partial charge on any atom is 0.296 e. The fourth-order valence-electron chi connectivity index (χ4n) is 5.58. The topological polar surface area (TPSA) is 392 Å². The van der Waals surface area contributed by atoms with Gasteiger partial charge in [-0.15, -0.1) is 29.1 Å². The van der Waals surface area contributed by atoms with E-state index in [-0.39, 0.29) is 69.5 Å². The second kappa shape index (κ2) is 21.8. The lowest BCUT2D eigenvalue weighted by Gasteiger charge is -2.13. The summed E-state index contributed by atoms with van der Waals surface area (Å²) in [5, 5.41) is 93.8. The fraction of sp³-hybridized carbons (Fsp3) is 0.143. The van der Waals surface area contributed by atoms with Crippen LogP contribution in [0.5, 0.6) is 23.0 Å². The number of carbonyl (C=O) groups is 1. The van der Waals surface area contributed by atoms with Crippen molar-refractivity contribution in [1.82, 2.24) is 0 Å². The molecule has 0 bridgehead atoms. The number of rotatable bonds is 21. The maximum atomic E-state index is 13.0. The average Bonchev–Trinajstić information content (AvgIpc) is 3.66. The van der Waals surface area contributed by atoms with Gasteiger partial charge in [-0.1, -0.05) is 10.1 Å². The normalized spacial score (nSPS) is 14.5. The Labute approximate surface area is 378 Å². The van der Waals surface area contributed by atoms with Gasteiger partial charge in [0, 0.05) is 23.1 Å². The van der Waals surface area contributed by atoms with E-state index >= 15 is 0 Å². The molecule has 66 heavy (non-hydrogen) atoms. The van der Waals surface area contributed by atoms with Crippen molar-refractivity contribution in [2.75, 3.05) is 31.4 Å². The first-order valence-electron chi connectivity index (χ1n) is 17.8. The molecule has 0 aromatic heterocycles. The van der Waals surface area contributed by atoms with E-state index in [0.29, 0.717) is 28.7 Å². The van der Waals surface area contributed by atoms with Gasteiger partial charge in [-0.3, -0.25) is 13.9 Å². The van der Waals surface area contributed by atoms with Gasteiger partial charge >= 0.3 is 0 Å². The Morgan fingerprint density at radius 3 is 1.94 bits per heavy atom. The smallest absolute Gasteiger partial charge is 0.296 e. The van der Waals surface area contributed by atoms with Crippen LogP contribution in [0.1, 0.15) is 0 Å². The number of anilines is 1. The van der Waals surface area contributed by atoms with Gasteiger partial charge in [0.2, 0.25) is 0 Å². The highest BCUT2D eigenvalue weighted by Crippen LogP contribution is 2.49. The standard InChI is InChI=1S/C35H30N8O19S4/c44-7-9-57-28-16-25(40-42-33-30(64-62-60-50)12-18-11-22(65(51,52)53)14-27(46)32(18)34(33)47)29(58-10-8-45)15-24(28)39-38-23-6-1-19(13-31(23)66(54,55)56)37-41-26-17-36-43(35(26)48)20-2-4-21(5-3-20)63-61-59-49/h1-6,11-17,26,44-47,49-50H,7-10H2,(H,51,52,53)(H,54,55,56)/b39-38+,41-37+,42-40+. The summed E-state index contributed by atoms with van der Waals surface area (Å²) in [7, 11) is -9.84. The lowest BCUT2D eigenvalue weighted by Crippen LogP contribution is -2.28. The van der Waals surface area contributed by atoms with E-state index in [1.165, 1.54) is 24.4 Å². The molecule has 1 unspecified atom stereocenters. The quantitative estimate of drug-likeness (QED) is 0.0125. The van der Waals surface area contributed by atoms with Crippen LogP contribution in [0.2, 0.25) is 0 Å². The van der Waals surface area contributed by atoms with Crippen molar-refractivity contribution in [1.29, 1.82) is 0 Å². The summed E-state index contributed by atoms with van der Waals surface area (Å²) in [6.07, 6.45) is 1.19. The van der Waals surface area contributed by atoms with Crippen LogP contribution in [0.25, 0.3) is 10.8 Å². The number of amides is 1. The number of aromatic hydroxyl groups is 2. The Hall–Kier alpha value is -6.30. The summed E-state index contributed by atoms with van der Waals surface area (Å²) in [5.74, 6) is -2.57. The highest BCUT2D eigenvalue weighted by Gasteiger charge is 2.30. The molecule has 1 aliphatic rings. The summed E-state index contributed by atoms with van der Waals surface area (Å²) in [4.78, 5) is 11.8. The first-order valence-corrected chi connectivity index (χ1v) is 22.2. The zero-order chi connectivity index (χ0) is 47.6. The molecule has 1 heterocycles. The number of phenolic OH excluding ortho intramolecular Hbond substituents is 2. The molecule has 5 aromatic carbocycles. The molecule has 0 aliphatic carbocycles. The van der Waals surface area contributed by atoms with Gasteiger partial charge in [0.1, 0.15) is 58.1 Å². The number of phenols is 2. The third kappa shape index (κ3) is 11.9. The van der Waals surface area contributed by atoms with Gasteiger partial charge in [-0.2, -0.15) is 37.2 Å². The number of carbonyl (C=O) groups excluding carboxylic acids is 1. The zero-order valence-electron chi connectivity index (χ0n) is 32.7. The van der Waals surface area contributed by atoms with E-state index in [4.69, 9.17) is 20.0 Å². The Bertz CT molecular complexity index is 2960. The van der Waals surface area contributed by atoms with Gasteiger partial charge in [0.25, 0.3) is 26.1 Å². The molecular formula is C35H30N8O19S4. The van der Waals surface area contributed by atoms with E-state index in [2.05, 4.69) is 54.5 Å². The minimum Gasteiger partial charge on any atom is -0.507 e. The highest BCUT2D eigenvalue weighted by atomic mass is 32.2. The summed E-state index contributed by atoms with van der Waals surface area (Å²) < 4.78 is 88.3. The van der Waals surface area contributed by atoms with Crippen molar-refractivity contribution in [3.63, 3.8) is 0 Å². The lowest BCUT2D eigenvalue weighted by molar-refractivity contribution is -0.432.